The minimum Gasteiger partial charge on any atom is -0.497 e. The average molecular weight is 468 g/mol. The van der Waals surface area contributed by atoms with Crippen LogP contribution in [-0.4, -0.2) is 26.0 Å². The van der Waals surface area contributed by atoms with Crippen LogP contribution in [0.3, 0.4) is 0 Å². The SMILES string of the molecule is COc1ccc(OC)c(N2C(=O)C(Nc3cccc4ccccc34)=C(c3ccc(F)cc3)C2=O)c1. The minimum absolute atomic E-state index is 0.0860. The Morgan fingerprint density at radius 2 is 1.54 bits per heavy atom. The van der Waals surface area contributed by atoms with Crippen molar-refractivity contribution in [2.75, 3.05) is 24.4 Å². The smallest absolute Gasteiger partial charge is 0.282 e. The zero-order valence-electron chi connectivity index (χ0n) is 19.0. The number of rotatable bonds is 6. The van der Waals surface area contributed by atoms with Gasteiger partial charge in [0.05, 0.1) is 25.5 Å². The zero-order chi connectivity index (χ0) is 24.5. The predicted octanol–water partition coefficient (Wildman–Crippen LogP) is 5.39. The van der Waals surface area contributed by atoms with Crippen LogP contribution in [0, 0.1) is 5.82 Å². The van der Waals surface area contributed by atoms with Gasteiger partial charge in [0.15, 0.2) is 0 Å². The number of fused-ring (bicyclic) bond motifs is 1. The van der Waals surface area contributed by atoms with E-state index in [-0.39, 0.29) is 17.0 Å². The first-order valence-corrected chi connectivity index (χ1v) is 10.9. The van der Waals surface area contributed by atoms with Crippen LogP contribution in [0.25, 0.3) is 16.3 Å². The maximum Gasteiger partial charge on any atom is 0.282 e. The largest absolute Gasteiger partial charge is 0.497 e. The van der Waals surface area contributed by atoms with E-state index >= 15 is 0 Å². The molecule has 4 aromatic rings. The summed E-state index contributed by atoms with van der Waals surface area (Å²) in [6.07, 6.45) is 0. The summed E-state index contributed by atoms with van der Waals surface area (Å²) in [4.78, 5) is 28.6. The second kappa shape index (κ2) is 8.95. The molecule has 2 amide bonds. The van der Waals surface area contributed by atoms with Crippen LogP contribution in [0.15, 0.2) is 90.6 Å². The molecule has 0 saturated carbocycles. The quantitative estimate of drug-likeness (QED) is 0.384. The van der Waals surface area contributed by atoms with Gasteiger partial charge in [-0.05, 0) is 41.3 Å². The minimum atomic E-state index is -0.561. The second-order valence-electron chi connectivity index (χ2n) is 7.89. The van der Waals surface area contributed by atoms with E-state index in [1.807, 2.05) is 42.5 Å². The van der Waals surface area contributed by atoms with Crippen LogP contribution < -0.4 is 19.7 Å². The monoisotopic (exact) mass is 468 g/mol. The van der Waals surface area contributed by atoms with E-state index in [1.54, 1.807) is 18.2 Å². The van der Waals surface area contributed by atoms with Gasteiger partial charge < -0.3 is 14.8 Å². The predicted molar refractivity (Wildman–Crippen MR) is 133 cm³/mol. The van der Waals surface area contributed by atoms with Gasteiger partial charge in [0, 0.05) is 17.1 Å². The summed E-state index contributed by atoms with van der Waals surface area (Å²) in [5, 5.41) is 5.06. The molecule has 0 bridgehead atoms. The second-order valence-corrected chi connectivity index (χ2v) is 7.89. The molecule has 0 saturated heterocycles. The number of carbonyl (C=O) groups is 2. The van der Waals surface area contributed by atoms with Gasteiger partial charge >= 0.3 is 0 Å². The lowest BCUT2D eigenvalue weighted by Crippen LogP contribution is -2.32. The number of imide groups is 1. The lowest BCUT2D eigenvalue weighted by Gasteiger charge is -2.19. The molecule has 6 nitrogen and oxygen atoms in total. The van der Waals surface area contributed by atoms with Crippen LogP contribution in [0.2, 0.25) is 0 Å². The Bertz CT molecular complexity index is 1490. The lowest BCUT2D eigenvalue weighted by molar-refractivity contribution is -0.120. The number of halogens is 1. The summed E-state index contributed by atoms with van der Waals surface area (Å²) in [6.45, 7) is 0. The van der Waals surface area contributed by atoms with Crippen LogP contribution >= 0.6 is 0 Å². The highest BCUT2D eigenvalue weighted by molar-refractivity contribution is 6.46. The van der Waals surface area contributed by atoms with Crippen molar-refractivity contribution in [2.24, 2.45) is 0 Å². The summed E-state index contributed by atoms with van der Waals surface area (Å²) in [6, 6.07) is 23.7. The third-order valence-corrected chi connectivity index (χ3v) is 5.89. The Hall–Kier alpha value is -4.65. The molecule has 0 radical (unpaired) electrons. The van der Waals surface area contributed by atoms with Crippen LogP contribution in [0.4, 0.5) is 15.8 Å². The number of benzene rings is 4. The van der Waals surface area contributed by atoms with Gasteiger partial charge in [-0.15, -0.1) is 0 Å². The van der Waals surface area contributed by atoms with Gasteiger partial charge in [-0.3, -0.25) is 9.59 Å². The van der Waals surface area contributed by atoms with Crippen molar-refractivity contribution >= 4 is 39.5 Å². The first-order chi connectivity index (χ1) is 17.0. The molecule has 0 aromatic heterocycles. The average Bonchev–Trinajstić information content (AvgIpc) is 3.13. The number of hydrogen-bond donors (Lipinski definition) is 1. The number of ether oxygens (including phenoxy) is 2. The zero-order valence-corrected chi connectivity index (χ0v) is 19.0. The van der Waals surface area contributed by atoms with Crippen LogP contribution in [0.1, 0.15) is 5.56 Å². The molecule has 1 N–H and O–H groups in total. The van der Waals surface area contributed by atoms with Crippen molar-refractivity contribution in [3.05, 3.63) is 102 Å². The van der Waals surface area contributed by atoms with Gasteiger partial charge in [-0.1, -0.05) is 48.5 Å². The van der Waals surface area contributed by atoms with Gasteiger partial charge in [-0.2, -0.15) is 0 Å². The number of amides is 2. The van der Waals surface area contributed by atoms with E-state index in [0.29, 0.717) is 22.7 Å². The molecule has 35 heavy (non-hydrogen) atoms. The van der Waals surface area contributed by atoms with Crippen molar-refractivity contribution < 1.29 is 23.5 Å². The van der Waals surface area contributed by atoms with E-state index < -0.39 is 17.6 Å². The van der Waals surface area contributed by atoms with E-state index in [1.165, 1.54) is 38.5 Å². The fourth-order valence-electron chi connectivity index (χ4n) is 4.19. The van der Waals surface area contributed by atoms with E-state index in [4.69, 9.17) is 9.47 Å². The molecule has 0 atom stereocenters. The fraction of sp³-hybridized carbons (Fsp3) is 0.0714. The molecule has 1 aliphatic rings. The van der Waals surface area contributed by atoms with Gasteiger partial charge in [0.25, 0.3) is 11.8 Å². The van der Waals surface area contributed by atoms with E-state index in [9.17, 15) is 14.0 Å². The number of nitrogens with one attached hydrogen (secondary N) is 1. The highest BCUT2D eigenvalue weighted by Crippen LogP contribution is 2.40. The maximum absolute atomic E-state index is 13.8. The summed E-state index contributed by atoms with van der Waals surface area (Å²) in [5.41, 5.74) is 1.54. The molecule has 0 unspecified atom stereocenters. The van der Waals surface area contributed by atoms with Crippen LogP contribution in [0.5, 0.6) is 11.5 Å². The third kappa shape index (κ3) is 3.87. The highest BCUT2D eigenvalue weighted by atomic mass is 19.1. The van der Waals surface area contributed by atoms with E-state index in [2.05, 4.69) is 5.32 Å². The van der Waals surface area contributed by atoms with E-state index in [0.717, 1.165) is 15.7 Å². The van der Waals surface area contributed by atoms with Crippen molar-refractivity contribution in [3.8, 4) is 11.5 Å². The molecular weight excluding hydrogens is 447 g/mol. The number of methoxy groups -OCH3 is 2. The van der Waals surface area contributed by atoms with Gasteiger partial charge in [0.2, 0.25) is 0 Å². The molecule has 0 fully saturated rings. The van der Waals surface area contributed by atoms with Crippen molar-refractivity contribution in [1.82, 2.24) is 0 Å². The fourth-order valence-corrected chi connectivity index (χ4v) is 4.19. The van der Waals surface area contributed by atoms with Crippen LogP contribution in [-0.2, 0) is 9.59 Å². The molecule has 174 valence electrons. The van der Waals surface area contributed by atoms with Crippen molar-refractivity contribution in [3.63, 3.8) is 0 Å². The molecule has 0 aliphatic carbocycles. The summed E-state index contributed by atoms with van der Waals surface area (Å²) in [5.74, 6) is -0.775. The third-order valence-electron chi connectivity index (χ3n) is 5.89. The molecule has 1 aliphatic heterocycles. The number of nitrogens with zero attached hydrogens (tertiary/aromatic N) is 1. The molecule has 0 spiro atoms. The van der Waals surface area contributed by atoms with Gasteiger partial charge in [-0.25, -0.2) is 9.29 Å². The Morgan fingerprint density at radius 1 is 0.800 bits per heavy atom. The molecular formula is C28H21FN2O4. The Kier molecular flexibility index (Phi) is 5.66. The first kappa shape index (κ1) is 22.2. The summed E-state index contributed by atoms with van der Waals surface area (Å²) >= 11 is 0. The topological polar surface area (TPSA) is 67.9 Å². The summed E-state index contributed by atoms with van der Waals surface area (Å²) < 4.78 is 24.4. The van der Waals surface area contributed by atoms with Crippen molar-refractivity contribution in [2.45, 2.75) is 0 Å². The lowest BCUT2D eigenvalue weighted by atomic mass is 10.0. The molecule has 5 rings (SSSR count). The normalized spacial score (nSPS) is 13.5. The van der Waals surface area contributed by atoms with Gasteiger partial charge in [0.1, 0.15) is 23.0 Å². The van der Waals surface area contributed by atoms with Crippen molar-refractivity contribution in [1.29, 1.82) is 0 Å². The maximum atomic E-state index is 13.8. The standard InChI is InChI=1S/C28H21FN2O4/c1-34-20-14-15-24(35-2)23(16-20)31-27(32)25(18-10-12-19(29)13-11-18)26(28(31)33)30-22-9-5-7-17-6-3-4-8-21(17)22/h3-16,30H,1-2H3. The summed E-state index contributed by atoms with van der Waals surface area (Å²) in [7, 11) is 2.95. The molecule has 4 aromatic carbocycles. The number of carbonyl (C=O) groups excluding carboxylic acids is 2. The first-order valence-electron chi connectivity index (χ1n) is 10.9. The Labute approximate surface area is 201 Å². The number of anilines is 2. The molecule has 1 heterocycles. The Morgan fingerprint density at radius 3 is 2.29 bits per heavy atom. The Balaban J connectivity index is 1.68. The highest BCUT2D eigenvalue weighted by Gasteiger charge is 2.41. The molecule has 7 heteroatoms. The number of hydrogen-bond acceptors (Lipinski definition) is 5.